The Morgan fingerprint density at radius 3 is 2.50 bits per heavy atom. The normalized spacial score (nSPS) is 7.80. The molecule has 3 radical (unpaired) electrons. The molecule has 4 heteroatoms. The van der Waals surface area contributed by atoms with Crippen LogP contribution < -0.4 is 0 Å². The lowest BCUT2D eigenvalue weighted by Gasteiger charge is -1.99. The largest absolute Gasteiger partial charge is 0.460 e. The van der Waals surface area contributed by atoms with Gasteiger partial charge in [-0.05, 0) is 6.92 Å². The molecule has 3 nitrogen and oxygen atoms in total. The molecule has 0 unspecified atom stereocenters. The fourth-order valence-corrected chi connectivity index (χ4v) is 0.262. The van der Waals surface area contributed by atoms with Crippen LogP contribution in [0, 0.1) is 0 Å². The van der Waals surface area contributed by atoms with Crippen molar-refractivity contribution in [3.63, 3.8) is 0 Å². The summed E-state index contributed by atoms with van der Waals surface area (Å²) in [5.74, 6) is -0.455. The minimum Gasteiger partial charge on any atom is -0.460 e. The van der Waals surface area contributed by atoms with Gasteiger partial charge < -0.3 is 9.84 Å². The van der Waals surface area contributed by atoms with Crippen molar-refractivity contribution in [2.45, 2.75) is 6.92 Å². The van der Waals surface area contributed by atoms with Crippen LogP contribution in [0.4, 0.5) is 0 Å². The zero-order valence-corrected chi connectivity index (χ0v) is 7.12. The van der Waals surface area contributed by atoms with Gasteiger partial charge in [0.15, 0.2) is 0 Å². The van der Waals surface area contributed by atoms with E-state index in [0.717, 1.165) is 0 Å². The van der Waals surface area contributed by atoms with E-state index in [1.165, 1.54) is 0 Å². The van der Waals surface area contributed by atoms with E-state index in [4.69, 9.17) is 5.11 Å². The Hall–Kier alpha value is -0.298. The zero-order chi connectivity index (χ0) is 7.28. The Labute approximate surface area is 70.8 Å². The molecule has 0 heterocycles. The second-order valence-electron chi connectivity index (χ2n) is 1.64. The fourth-order valence-electron chi connectivity index (χ4n) is 0.262. The minimum atomic E-state index is -0.455. The van der Waals surface area contributed by atoms with Crippen molar-refractivity contribution in [3.8, 4) is 0 Å². The number of aliphatic hydroxyl groups is 1. The summed E-state index contributed by atoms with van der Waals surface area (Å²) < 4.78 is 4.46. The predicted molar refractivity (Wildman–Crippen MR) is 38.6 cm³/mol. The van der Waals surface area contributed by atoms with Crippen LogP contribution >= 0.6 is 0 Å². The van der Waals surface area contributed by atoms with Gasteiger partial charge in [-0.15, -0.1) is 0 Å². The van der Waals surface area contributed by atoms with Crippen LogP contribution in [-0.4, -0.2) is 41.7 Å². The number of ether oxygens (including phenoxy) is 1. The molecular weight excluding hydrogens is 147 g/mol. The first kappa shape index (κ1) is 12.4. The topological polar surface area (TPSA) is 46.5 Å². The summed E-state index contributed by atoms with van der Waals surface area (Å²) in [7, 11) is 0. The summed E-state index contributed by atoms with van der Waals surface area (Å²) in [6.07, 6.45) is 0. The van der Waals surface area contributed by atoms with Gasteiger partial charge in [-0.1, -0.05) is 6.58 Å². The quantitative estimate of drug-likeness (QED) is 0.348. The Kier molecular flexibility index (Phi) is 8.44. The van der Waals surface area contributed by atoms with Gasteiger partial charge in [0.05, 0.1) is 6.61 Å². The van der Waals surface area contributed by atoms with Crippen molar-refractivity contribution >= 4 is 23.3 Å². The summed E-state index contributed by atoms with van der Waals surface area (Å²) in [4.78, 5) is 10.5. The molecule has 55 valence electrons. The lowest BCUT2D eigenvalue weighted by Crippen LogP contribution is -2.08. The molecule has 0 amide bonds. The molecule has 0 saturated carbocycles. The number of aliphatic hydroxyl groups excluding tert-OH is 1. The summed E-state index contributed by atoms with van der Waals surface area (Å²) in [6.45, 7) is 4.81. The van der Waals surface area contributed by atoms with Gasteiger partial charge in [-0.3, -0.25) is 0 Å². The van der Waals surface area contributed by atoms with Gasteiger partial charge in [-0.25, -0.2) is 4.79 Å². The van der Waals surface area contributed by atoms with Crippen LogP contribution in [0.25, 0.3) is 0 Å². The number of esters is 1. The molecule has 0 spiro atoms. The Morgan fingerprint density at radius 2 is 2.20 bits per heavy atom. The highest BCUT2D eigenvalue weighted by Crippen LogP contribution is 1.89. The van der Waals surface area contributed by atoms with Crippen LogP contribution in [-0.2, 0) is 9.53 Å². The van der Waals surface area contributed by atoms with Crippen molar-refractivity contribution < 1.29 is 14.6 Å². The molecule has 0 saturated heterocycles. The number of hydrogen-bond acceptors (Lipinski definition) is 3. The minimum absolute atomic E-state index is 0. The van der Waals surface area contributed by atoms with Crippen LogP contribution in [0.1, 0.15) is 6.92 Å². The van der Waals surface area contributed by atoms with Gasteiger partial charge in [0.25, 0.3) is 0 Å². The molecule has 0 aliphatic rings. The van der Waals surface area contributed by atoms with Crippen LogP contribution in [0.15, 0.2) is 12.2 Å². The molecule has 1 N–H and O–H groups in total. The molecule has 0 aliphatic heterocycles. The van der Waals surface area contributed by atoms with Gasteiger partial charge in [0, 0.05) is 22.9 Å². The number of hydrogen-bond donors (Lipinski definition) is 1. The van der Waals surface area contributed by atoms with E-state index >= 15 is 0 Å². The molecule has 0 fully saturated rings. The Balaban J connectivity index is 0. The lowest BCUT2D eigenvalue weighted by molar-refractivity contribution is -0.139. The van der Waals surface area contributed by atoms with Crippen LogP contribution in [0.3, 0.4) is 0 Å². The molecule has 0 aromatic heterocycles. The summed E-state index contributed by atoms with van der Waals surface area (Å²) in [6, 6.07) is 0. The number of carbonyl (C=O) groups excluding carboxylic acids is 1. The molecule has 0 bridgehead atoms. The SMILES string of the molecule is C=C(C)C(=O)OCCO.[Al]. The maximum Gasteiger partial charge on any atom is 0.333 e. The van der Waals surface area contributed by atoms with E-state index in [9.17, 15) is 4.79 Å². The number of carbonyl (C=O) groups is 1. The predicted octanol–water partition coefficient (Wildman–Crippen LogP) is -0.283. The Bertz CT molecular complexity index is 122. The second-order valence-corrected chi connectivity index (χ2v) is 1.64. The smallest absolute Gasteiger partial charge is 0.333 e. The van der Waals surface area contributed by atoms with Gasteiger partial charge >= 0.3 is 5.97 Å². The van der Waals surface area contributed by atoms with Gasteiger partial charge in [-0.2, -0.15) is 0 Å². The molecule has 0 atom stereocenters. The van der Waals surface area contributed by atoms with Crippen LogP contribution in [0.5, 0.6) is 0 Å². The average molecular weight is 157 g/mol. The highest BCUT2D eigenvalue weighted by Gasteiger charge is 1.99. The molecule has 0 aromatic rings. The average Bonchev–Trinajstić information content (AvgIpc) is 1.82. The van der Waals surface area contributed by atoms with E-state index in [2.05, 4.69) is 11.3 Å². The standard InChI is InChI=1S/C6H10O3.Al/c1-5(2)6(8)9-4-3-7;/h7H,1,3-4H2,2H3;. The third-order valence-electron chi connectivity index (χ3n) is 0.673. The highest BCUT2D eigenvalue weighted by molar-refractivity contribution is 5.86. The van der Waals surface area contributed by atoms with Crippen molar-refractivity contribution in [1.82, 2.24) is 0 Å². The Morgan fingerprint density at radius 1 is 1.70 bits per heavy atom. The molecule has 0 aliphatic carbocycles. The van der Waals surface area contributed by atoms with Crippen molar-refractivity contribution in [1.29, 1.82) is 0 Å². The first-order valence-corrected chi connectivity index (χ1v) is 2.62. The molecule has 10 heavy (non-hydrogen) atoms. The molecular formula is C6H10AlO3. The van der Waals surface area contributed by atoms with Crippen molar-refractivity contribution in [2.24, 2.45) is 0 Å². The maximum atomic E-state index is 10.5. The third-order valence-corrected chi connectivity index (χ3v) is 0.673. The first-order chi connectivity index (χ1) is 4.18. The number of rotatable bonds is 3. The van der Waals surface area contributed by atoms with E-state index in [0.29, 0.717) is 5.57 Å². The van der Waals surface area contributed by atoms with E-state index in [1.807, 2.05) is 0 Å². The van der Waals surface area contributed by atoms with Gasteiger partial charge in [0.2, 0.25) is 0 Å². The molecule has 0 rings (SSSR count). The van der Waals surface area contributed by atoms with Crippen molar-refractivity contribution in [2.75, 3.05) is 13.2 Å². The van der Waals surface area contributed by atoms with E-state index in [-0.39, 0.29) is 30.6 Å². The summed E-state index contributed by atoms with van der Waals surface area (Å²) in [5, 5.41) is 8.19. The fraction of sp³-hybridized carbons (Fsp3) is 0.500. The van der Waals surface area contributed by atoms with Crippen LogP contribution in [0.2, 0.25) is 0 Å². The van der Waals surface area contributed by atoms with E-state index < -0.39 is 5.97 Å². The van der Waals surface area contributed by atoms with E-state index in [1.54, 1.807) is 6.92 Å². The summed E-state index contributed by atoms with van der Waals surface area (Å²) >= 11 is 0. The third kappa shape index (κ3) is 5.83. The lowest BCUT2D eigenvalue weighted by atomic mass is 10.4. The highest BCUT2D eigenvalue weighted by atomic mass is 27.0. The maximum absolute atomic E-state index is 10.5. The first-order valence-electron chi connectivity index (χ1n) is 2.62. The molecule has 0 aromatic carbocycles. The summed E-state index contributed by atoms with van der Waals surface area (Å²) in [5.41, 5.74) is 0.350. The monoisotopic (exact) mass is 157 g/mol. The zero-order valence-electron chi connectivity index (χ0n) is 5.96. The van der Waals surface area contributed by atoms with Crippen molar-refractivity contribution in [3.05, 3.63) is 12.2 Å². The second kappa shape index (κ2) is 6.82. The van der Waals surface area contributed by atoms with Gasteiger partial charge in [0.1, 0.15) is 6.61 Å².